The average molecular weight is 217 g/mol. The molecule has 0 radical (unpaired) electrons. The minimum atomic E-state index is -1.20. The Morgan fingerprint density at radius 3 is 2.31 bits per heavy atom. The number of carboxylic acid groups (broad SMARTS) is 1. The van der Waals surface area contributed by atoms with Crippen LogP contribution >= 0.6 is 0 Å². The second-order valence-electron chi connectivity index (χ2n) is 3.57. The number of hydrogen-bond acceptors (Lipinski definition) is 3. The number of hydrogen-bond donors (Lipinski definition) is 3. The summed E-state index contributed by atoms with van der Waals surface area (Å²) in [5.41, 5.74) is 5.70. The summed E-state index contributed by atoms with van der Waals surface area (Å²) in [6, 6.07) is 9.28. The van der Waals surface area contributed by atoms with Crippen molar-refractivity contribution in [1.82, 2.24) is 0 Å². The van der Waals surface area contributed by atoms with Gasteiger partial charge in [0.2, 0.25) is 0 Å². The molecule has 4 heteroatoms. The van der Waals surface area contributed by atoms with E-state index in [0.29, 0.717) is 0 Å². The molecule has 0 aliphatic carbocycles. The van der Waals surface area contributed by atoms with Gasteiger partial charge in [0.1, 0.15) is 11.8 Å². The first kappa shape index (κ1) is 10.4. The van der Waals surface area contributed by atoms with E-state index < -0.39 is 12.0 Å². The van der Waals surface area contributed by atoms with Crippen molar-refractivity contribution in [2.24, 2.45) is 5.73 Å². The zero-order chi connectivity index (χ0) is 11.7. The van der Waals surface area contributed by atoms with Gasteiger partial charge in [0.15, 0.2) is 0 Å². The van der Waals surface area contributed by atoms with Crippen molar-refractivity contribution >= 4 is 16.7 Å². The molecule has 4 nitrogen and oxygen atoms in total. The summed E-state index contributed by atoms with van der Waals surface area (Å²) >= 11 is 0. The molecular formula is C12H11NO3. The minimum absolute atomic E-state index is 0.0893. The van der Waals surface area contributed by atoms with Gasteiger partial charge in [0.25, 0.3) is 0 Å². The molecule has 2 rings (SSSR count). The highest BCUT2D eigenvalue weighted by Crippen LogP contribution is 2.28. The monoisotopic (exact) mass is 217 g/mol. The normalized spacial score (nSPS) is 12.6. The number of rotatable bonds is 2. The fourth-order valence-electron chi connectivity index (χ4n) is 1.63. The molecule has 2 aromatic rings. The second-order valence-corrected chi connectivity index (χ2v) is 3.57. The molecular weight excluding hydrogens is 206 g/mol. The third kappa shape index (κ3) is 1.70. The maximum atomic E-state index is 10.8. The standard InChI is InChI=1S/C12H11NO3/c13-11(12(15)16)9-5-7-3-1-2-4-8(7)6-10(9)14/h1-6,11,14H,13H2,(H,15,16). The fraction of sp³-hybridized carbons (Fsp3) is 0.0833. The summed E-state index contributed by atoms with van der Waals surface area (Å²) in [5, 5.41) is 20.2. The average Bonchev–Trinajstić information content (AvgIpc) is 2.27. The van der Waals surface area contributed by atoms with Crippen LogP contribution in [0.15, 0.2) is 36.4 Å². The quantitative estimate of drug-likeness (QED) is 0.713. The smallest absolute Gasteiger partial charge is 0.325 e. The fourth-order valence-corrected chi connectivity index (χ4v) is 1.63. The van der Waals surface area contributed by atoms with Crippen molar-refractivity contribution < 1.29 is 15.0 Å². The Labute approximate surface area is 91.9 Å². The highest BCUT2D eigenvalue weighted by molar-refractivity contribution is 5.87. The van der Waals surface area contributed by atoms with E-state index in [4.69, 9.17) is 10.8 Å². The van der Waals surface area contributed by atoms with Gasteiger partial charge in [0.05, 0.1) is 0 Å². The van der Waals surface area contributed by atoms with Crippen LogP contribution in [0.25, 0.3) is 10.8 Å². The van der Waals surface area contributed by atoms with E-state index in [0.717, 1.165) is 10.8 Å². The van der Waals surface area contributed by atoms with E-state index in [1.54, 1.807) is 6.07 Å². The highest BCUT2D eigenvalue weighted by Gasteiger charge is 2.18. The number of carbonyl (C=O) groups is 1. The number of nitrogens with two attached hydrogens (primary N) is 1. The van der Waals surface area contributed by atoms with Crippen molar-refractivity contribution in [3.8, 4) is 5.75 Å². The lowest BCUT2D eigenvalue weighted by Gasteiger charge is -2.10. The molecule has 0 aliphatic rings. The van der Waals surface area contributed by atoms with Gasteiger partial charge >= 0.3 is 5.97 Å². The molecule has 0 spiro atoms. The SMILES string of the molecule is NC(C(=O)O)c1cc2ccccc2cc1O. The van der Waals surface area contributed by atoms with Crippen LogP contribution in [-0.2, 0) is 4.79 Å². The van der Waals surface area contributed by atoms with E-state index in [9.17, 15) is 9.90 Å². The molecule has 0 saturated heterocycles. The predicted octanol–water partition coefficient (Wildman–Crippen LogP) is 1.63. The first-order valence-corrected chi connectivity index (χ1v) is 4.79. The lowest BCUT2D eigenvalue weighted by atomic mass is 10.0. The Morgan fingerprint density at radius 1 is 1.19 bits per heavy atom. The van der Waals surface area contributed by atoms with Crippen LogP contribution in [0.3, 0.4) is 0 Å². The minimum Gasteiger partial charge on any atom is -0.508 e. The molecule has 16 heavy (non-hydrogen) atoms. The van der Waals surface area contributed by atoms with Crippen LogP contribution in [0.2, 0.25) is 0 Å². The Kier molecular flexibility index (Phi) is 2.50. The molecule has 82 valence electrons. The maximum Gasteiger partial charge on any atom is 0.325 e. The first-order valence-electron chi connectivity index (χ1n) is 4.79. The van der Waals surface area contributed by atoms with Gasteiger partial charge in [-0.1, -0.05) is 24.3 Å². The summed E-state index contributed by atoms with van der Waals surface area (Å²) in [5.74, 6) is -1.25. The molecule has 0 bridgehead atoms. The van der Waals surface area contributed by atoms with Crippen LogP contribution in [0.1, 0.15) is 11.6 Å². The summed E-state index contributed by atoms with van der Waals surface area (Å²) in [7, 11) is 0. The van der Waals surface area contributed by atoms with Gasteiger partial charge in [-0.25, -0.2) is 0 Å². The summed E-state index contributed by atoms with van der Waals surface area (Å²) in [6.45, 7) is 0. The zero-order valence-corrected chi connectivity index (χ0v) is 8.42. The summed E-state index contributed by atoms with van der Waals surface area (Å²) in [6.07, 6.45) is 0. The lowest BCUT2D eigenvalue weighted by molar-refractivity contribution is -0.138. The van der Waals surface area contributed by atoms with Crippen molar-refractivity contribution in [3.05, 3.63) is 42.0 Å². The Balaban J connectivity index is 2.62. The maximum absolute atomic E-state index is 10.8. The number of benzene rings is 2. The molecule has 0 aliphatic heterocycles. The van der Waals surface area contributed by atoms with Gasteiger partial charge in [0, 0.05) is 5.56 Å². The van der Waals surface area contributed by atoms with Gasteiger partial charge in [-0.15, -0.1) is 0 Å². The third-order valence-electron chi connectivity index (χ3n) is 2.50. The molecule has 0 aromatic heterocycles. The topological polar surface area (TPSA) is 83.6 Å². The molecule has 0 fully saturated rings. The van der Waals surface area contributed by atoms with Crippen LogP contribution < -0.4 is 5.73 Å². The number of phenols is 1. The zero-order valence-electron chi connectivity index (χ0n) is 8.42. The van der Waals surface area contributed by atoms with Crippen LogP contribution in [-0.4, -0.2) is 16.2 Å². The summed E-state index contributed by atoms with van der Waals surface area (Å²) in [4.78, 5) is 10.8. The molecule has 0 heterocycles. The molecule has 1 atom stereocenters. The lowest BCUT2D eigenvalue weighted by Crippen LogP contribution is -2.20. The molecule has 0 saturated carbocycles. The number of aliphatic carboxylic acids is 1. The Bertz CT molecular complexity index is 551. The first-order chi connectivity index (χ1) is 7.59. The molecule has 1 unspecified atom stereocenters. The van der Waals surface area contributed by atoms with Gasteiger partial charge in [-0.2, -0.15) is 0 Å². The van der Waals surface area contributed by atoms with Gasteiger partial charge in [-0.05, 0) is 22.9 Å². The third-order valence-corrected chi connectivity index (χ3v) is 2.50. The van der Waals surface area contributed by atoms with Crippen LogP contribution in [0, 0.1) is 0 Å². The van der Waals surface area contributed by atoms with Crippen LogP contribution in [0.4, 0.5) is 0 Å². The van der Waals surface area contributed by atoms with Crippen molar-refractivity contribution in [2.75, 3.05) is 0 Å². The van der Waals surface area contributed by atoms with Gasteiger partial charge < -0.3 is 15.9 Å². The molecule has 0 amide bonds. The number of fused-ring (bicyclic) bond motifs is 1. The van der Waals surface area contributed by atoms with Gasteiger partial charge in [-0.3, -0.25) is 4.79 Å². The Morgan fingerprint density at radius 2 is 1.75 bits per heavy atom. The largest absolute Gasteiger partial charge is 0.508 e. The molecule has 4 N–H and O–H groups in total. The van der Waals surface area contributed by atoms with Crippen molar-refractivity contribution in [3.63, 3.8) is 0 Å². The molecule has 2 aromatic carbocycles. The number of aromatic hydroxyl groups is 1. The van der Waals surface area contributed by atoms with E-state index in [1.807, 2.05) is 24.3 Å². The van der Waals surface area contributed by atoms with E-state index in [1.165, 1.54) is 6.07 Å². The number of phenolic OH excluding ortho intramolecular Hbond substituents is 1. The van der Waals surface area contributed by atoms with E-state index >= 15 is 0 Å². The number of carboxylic acids is 1. The van der Waals surface area contributed by atoms with Crippen molar-refractivity contribution in [2.45, 2.75) is 6.04 Å². The predicted molar refractivity (Wildman–Crippen MR) is 60.2 cm³/mol. The second kappa shape index (κ2) is 3.83. The summed E-state index contributed by atoms with van der Waals surface area (Å²) < 4.78 is 0. The van der Waals surface area contributed by atoms with E-state index in [-0.39, 0.29) is 11.3 Å². The van der Waals surface area contributed by atoms with Crippen LogP contribution in [0.5, 0.6) is 5.75 Å². The van der Waals surface area contributed by atoms with E-state index in [2.05, 4.69) is 0 Å². The Hall–Kier alpha value is -2.07. The highest BCUT2D eigenvalue weighted by atomic mass is 16.4. The van der Waals surface area contributed by atoms with Crippen molar-refractivity contribution in [1.29, 1.82) is 0 Å².